The second-order valence-corrected chi connectivity index (χ2v) is 6.38. The minimum atomic E-state index is -0.523. The standard InChI is InChI=1S/C20H22N2O4/c1-12-4-6-17(13(2)10-12)25-9-8-19(23)21-15-5-7-18-16(11-15)22-20(24)14(3)26-18/h4-7,10-11,14H,8-9H2,1-3H3,(H,21,23)(H,22,24). The third-order valence-electron chi connectivity index (χ3n) is 4.11. The average Bonchev–Trinajstić information content (AvgIpc) is 2.58. The second kappa shape index (κ2) is 7.47. The maximum Gasteiger partial charge on any atom is 0.265 e. The highest BCUT2D eigenvalue weighted by Gasteiger charge is 2.23. The van der Waals surface area contributed by atoms with E-state index >= 15 is 0 Å². The SMILES string of the molecule is Cc1ccc(OCCC(=O)Nc2ccc3c(c2)NC(=O)C(C)O3)c(C)c1. The molecular weight excluding hydrogens is 332 g/mol. The Bertz CT molecular complexity index is 848. The van der Waals surface area contributed by atoms with E-state index in [0.29, 0.717) is 17.1 Å². The summed E-state index contributed by atoms with van der Waals surface area (Å²) < 4.78 is 11.2. The van der Waals surface area contributed by atoms with E-state index < -0.39 is 6.10 Å². The van der Waals surface area contributed by atoms with Gasteiger partial charge in [-0.15, -0.1) is 0 Å². The molecule has 136 valence electrons. The summed E-state index contributed by atoms with van der Waals surface area (Å²) in [7, 11) is 0. The zero-order valence-corrected chi connectivity index (χ0v) is 15.1. The van der Waals surface area contributed by atoms with Crippen molar-refractivity contribution in [1.82, 2.24) is 0 Å². The lowest BCUT2D eigenvalue weighted by Gasteiger charge is -2.23. The van der Waals surface area contributed by atoms with Crippen LogP contribution in [0, 0.1) is 13.8 Å². The van der Waals surface area contributed by atoms with Crippen molar-refractivity contribution in [2.75, 3.05) is 17.2 Å². The molecule has 1 aliphatic rings. The van der Waals surface area contributed by atoms with Crippen LogP contribution < -0.4 is 20.1 Å². The number of anilines is 2. The molecule has 2 amide bonds. The molecule has 26 heavy (non-hydrogen) atoms. The number of aryl methyl sites for hydroxylation is 2. The lowest BCUT2D eigenvalue weighted by molar-refractivity contribution is -0.122. The van der Waals surface area contributed by atoms with E-state index in [1.807, 2.05) is 32.0 Å². The van der Waals surface area contributed by atoms with Crippen LogP contribution in [-0.2, 0) is 9.59 Å². The molecule has 6 nitrogen and oxygen atoms in total. The van der Waals surface area contributed by atoms with Crippen molar-refractivity contribution in [2.45, 2.75) is 33.3 Å². The Balaban J connectivity index is 1.54. The predicted octanol–water partition coefficient (Wildman–Crippen LogP) is 3.43. The van der Waals surface area contributed by atoms with E-state index in [0.717, 1.165) is 11.3 Å². The lowest BCUT2D eigenvalue weighted by atomic mass is 10.1. The van der Waals surface area contributed by atoms with Crippen LogP contribution in [0.3, 0.4) is 0 Å². The monoisotopic (exact) mass is 354 g/mol. The van der Waals surface area contributed by atoms with Crippen molar-refractivity contribution in [1.29, 1.82) is 0 Å². The summed E-state index contributed by atoms with van der Waals surface area (Å²) in [6.45, 7) is 5.98. The van der Waals surface area contributed by atoms with Gasteiger partial charge in [-0.2, -0.15) is 0 Å². The van der Waals surface area contributed by atoms with Gasteiger partial charge in [-0.05, 0) is 50.6 Å². The largest absolute Gasteiger partial charge is 0.493 e. The molecule has 1 aliphatic heterocycles. The topological polar surface area (TPSA) is 76.7 Å². The number of hydrogen-bond acceptors (Lipinski definition) is 4. The van der Waals surface area contributed by atoms with Gasteiger partial charge >= 0.3 is 0 Å². The minimum absolute atomic E-state index is 0.161. The van der Waals surface area contributed by atoms with Crippen molar-refractivity contribution in [2.24, 2.45) is 0 Å². The van der Waals surface area contributed by atoms with Crippen molar-refractivity contribution in [3.63, 3.8) is 0 Å². The summed E-state index contributed by atoms with van der Waals surface area (Å²) in [5.74, 6) is 1.01. The Morgan fingerprint density at radius 2 is 2.04 bits per heavy atom. The second-order valence-electron chi connectivity index (χ2n) is 6.38. The van der Waals surface area contributed by atoms with E-state index in [1.165, 1.54) is 5.56 Å². The number of amides is 2. The quantitative estimate of drug-likeness (QED) is 0.862. The molecule has 6 heteroatoms. The first-order valence-electron chi connectivity index (χ1n) is 8.54. The third kappa shape index (κ3) is 4.14. The molecule has 0 aliphatic carbocycles. The number of fused-ring (bicyclic) bond motifs is 1. The van der Waals surface area contributed by atoms with Crippen LogP contribution in [0.1, 0.15) is 24.5 Å². The number of carbonyl (C=O) groups is 2. The molecule has 0 fully saturated rings. The molecule has 1 atom stereocenters. The first-order valence-corrected chi connectivity index (χ1v) is 8.54. The molecule has 0 radical (unpaired) electrons. The highest BCUT2D eigenvalue weighted by molar-refractivity contribution is 5.99. The maximum atomic E-state index is 12.1. The zero-order valence-electron chi connectivity index (χ0n) is 15.1. The van der Waals surface area contributed by atoms with Crippen LogP contribution in [0.4, 0.5) is 11.4 Å². The number of ether oxygens (including phenoxy) is 2. The van der Waals surface area contributed by atoms with Crippen LogP contribution in [0.25, 0.3) is 0 Å². The fourth-order valence-corrected chi connectivity index (χ4v) is 2.72. The zero-order chi connectivity index (χ0) is 18.7. The van der Waals surface area contributed by atoms with E-state index in [-0.39, 0.29) is 24.8 Å². The molecule has 0 aromatic heterocycles. The molecule has 1 unspecified atom stereocenters. The Morgan fingerprint density at radius 3 is 2.81 bits per heavy atom. The molecule has 0 spiro atoms. The molecule has 0 saturated heterocycles. The summed E-state index contributed by atoms with van der Waals surface area (Å²) in [6, 6.07) is 11.1. The summed E-state index contributed by atoms with van der Waals surface area (Å²) in [5.41, 5.74) is 3.37. The highest BCUT2D eigenvalue weighted by Crippen LogP contribution is 2.32. The molecule has 0 saturated carbocycles. The highest BCUT2D eigenvalue weighted by atomic mass is 16.5. The van der Waals surface area contributed by atoms with Gasteiger partial charge in [-0.25, -0.2) is 0 Å². The van der Waals surface area contributed by atoms with Crippen molar-refractivity contribution >= 4 is 23.2 Å². The smallest absolute Gasteiger partial charge is 0.265 e. The Hall–Kier alpha value is -3.02. The van der Waals surface area contributed by atoms with Gasteiger partial charge in [0.25, 0.3) is 5.91 Å². The first-order chi connectivity index (χ1) is 12.4. The number of rotatable bonds is 5. The molecular formula is C20H22N2O4. The summed E-state index contributed by atoms with van der Waals surface area (Å²) in [6.07, 6.45) is -0.296. The van der Waals surface area contributed by atoms with Crippen molar-refractivity contribution in [3.8, 4) is 11.5 Å². The number of benzene rings is 2. The fraction of sp³-hybridized carbons (Fsp3) is 0.300. The molecule has 3 rings (SSSR count). The molecule has 2 aromatic carbocycles. The molecule has 0 bridgehead atoms. The van der Waals surface area contributed by atoms with E-state index in [2.05, 4.69) is 10.6 Å². The van der Waals surface area contributed by atoms with E-state index in [1.54, 1.807) is 25.1 Å². The van der Waals surface area contributed by atoms with E-state index in [4.69, 9.17) is 9.47 Å². The van der Waals surface area contributed by atoms with Crippen LogP contribution in [0.5, 0.6) is 11.5 Å². The van der Waals surface area contributed by atoms with Gasteiger partial charge in [-0.1, -0.05) is 17.7 Å². The van der Waals surface area contributed by atoms with Gasteiger partial charge in [0, 0.05) is 5.69 Å². The van der Waals surface area contributed by atoms with Crippen molar-refractivity contribution in [3.05, 3.63) is 47.5 Å². The minimum Gasteiger partial charge on any atom is -0.493 e. The van der Waals surface area contributed by atoms with Crippen molar-refractivity contribution < 1.29 is 19.1 Å². The Kier molecular flexibility index (Phi) is 5.11. The Labute approximate surface area is 152 Å². The van der Waals surface area contributed by atoms with E-state index in [9.17, 15) is 9.59 Å². The summed E-state index contributed by atoms with van der Waals surface area (Å²) >= 11 is 0. The summed E-state index contributed by atoms with van der Waals surface area (Å²) in [4.78, 5) is 23.8. The van der Waals surface area contributed by atoms with Gasteiger partial charge < -0.3 is 20.1 Å². The Morgan fingerprint density at radius 1 is 1.23 bits per heavy atom. The normalized spacial score (nSPS) is 15.5. The number of hydrogen-bond donors (Lipinski definition) is 2. The predicted molar refractivity (Wildman–Crippen MR) is 99.8 cm³/mol. The lowest BCUT2D eigenvalue weighted by Crippen LogP contribution is -2.34. The van der Waals surface area contributed by atoms with Gasteiger partial charge in [0.15, 0.2) is 6.10 Å². The van der Waals surface area contributed by atoms with Gasteiger partial charge in [0.2, 0.25) is 5.91 Å². The molecule has 2 aromatic rings. The summed E-state index contributed by atoms with van der Waals surface area (Å²) in [5, 5.41) is 5.56. The fourth-order valence-electron chi connectivity index (χ4n) is 2.72. The molecule has 2 N–H and O–H groups in total. The van der Waals surface area contributed by atoms with Crippen LogP contribution >= 0.6 is 0 Å². The van der Waals surface area contributed by atoms with Gasteiger partial charge in [0.1, 0.15) is 11.5 Å². The van der Waals surface area contributed by atoms with Gasteiger partial charge in [0.05, 0.1) is 18.7 Å². The number of nitrogens with one attached hydrogen (secondary N) is 2. The average molecular weight is 354 g/mol. The van der Waals surface area contributed by atoms with Crippen LogP contribution in [0.2, 0.25) is 0 Å². The van der Waals surface area contributed by atoms with Crippen LogP contribution in [0.15, 0.2) is 36.4 Å². The number of carbonyl (C=O) groups excluding carboxylic acids is 2. The maximum absolute atomic E-state index is 12.1. The van der Waals surface area contributed by atoms with Gasteiger partial charge in [-0.3, -0.25) is 9.59 Å². The third-order valence-corrected chi connectivity index (χ3v) is 4.11. The molecule has 1 heterocycles. The van der Waals surface area contributed by atoms with Crippen LogP contribution in [-0.4, -0.2) is 24.5 Å². The first kappa shape index (κ1) is 17.8.